The van der Waals surface area contributed by atoms with Gasteiger partial charge in [-0.15, -0.1) is 0 Å². The molecule has 0 unspecified atom stereocenters. The summed E-state index contributed by atoms with van der Waals surface area (Å²) >= 11 is 0. The number of carbonyl (C=O) groups excluding carboxylic acids is 1. The van der Waals surface area contributed by atoms with Crippen LogP contribution in [0.2, 0.25) is 0 Å². The molecule has 0 radical (unpaired) electrons. The van der Waals surface area contributed by atoms with Crippen molar-refractivity contribution in [1.82, 2.24) is 4.90 Å². The minimum absolute atomic E-state index is 0.0249. The second-order valence-electron chi connectivity index (χ2n) is 6.15. The minimum atomic E-state index is -0.594. The van der Waals surface area contributed by atoms with E-state index in [4.69, 9.17) is 10.5 Å². The highest BCUT2D eigenvalue weighted by atomic mass is 19.1. The predicted molar refractivity (Wildman–Crippen MR) is 89.2 cm³/mol. The van der Waals surface area contributed by atoms with E-state index in [9.17, 15) is 13.6 Å². The first-order valence-electron chi connectivity index (χ1n) is 8.31. The van der Waals surface area contributed by atoms with Crippen molar-refractivity contribution in [2.45, 2.75) is 25.7 Å². The van der Waals surface area contributed by atoms with Crippen molar-refractivity contribution in [3.8, 4) is 5.75 Å². The molecule has 0 bridgehead atoms. The van der Waals surface area contributed by atoms with Gasteiger partial charge in [-0.3, -0.25) is 4.79 Å². The molecule has 1 amide bonds. The number of primary amides is 1. The number of halogens is 2. The maximum Gasteiger partial charge on any atom is 0.217 e. The van der Waals surface area contributed by atoms with Crippen LogP contribution >= 0.6 is 0 Å². The Balaban J connectivity index is 1.86. The number of amides is 1. The van der Waals surface area contributed by atoms with Gasteiger partial charge >= 0.3 is 0 Å². The first-order chi connectivity index (χ1) is 11.5. The minimum Gasteiger partial charge on any atom is -0.493 e. The number of piperazine rings is 1. The number of nitrogens with zero attached hydrogens (tertiary/aromatic N) is 2. The third kappa shape index (κ3) is 5.33. The third-order valence-electron chi connectivity index (χ3n) is 4.15. The van der Waals surface area contributed by atoms with E-state index in [1.165, 1.54) is 12.1 Å². The molecule has 24 heavy (non-hydrogen) atoms. The number of nitrogens with two attached hydrogens (primary N) is 1. The van der Waals surface area contributed by atoms with Crippen LogP contribution in [0.3, 0.4) is 0 Å². The maximum atomic E-state index is 14.3. The molecule has 0 spiro atoms. The SMILES string of the molecule is CN1CCN(c2c(F)cc(OCCCCCC(N)=O)cc2F)CC1. The average molecular weight is 341 g/mol. The Morgan fingerprint density at radius 1 is 1.12 bits per heavy atom. The molecule has 2 N–H and O–H groups in total. The van der Waals surface area contributed by atoms with E-state index >= 15 is 0 Å². The van der Waals surface area contributed by atoms with Crippen molar-refractivity contribution in [2.75, 3.05) is 44.7 Å². The van der Waals surface area contributed by atoms with Crippen LogP contribution < -0.4 is 15.4 Å². The van der Waals surface area contributed by atoms with E-state index in [0.717, 1.165) is 19.5 Å². The second-order valence-corrected chi connectivity index (χ2v) is 6.15. The Morgan fingerprint density at radius 3 is 2.33 bits per heavy atom. The number of likely N-dealkylation sites (N-methyl/N-ethyl adjacent to an activating group) is 1. The van der Waals surface area contributed by atoms with Crippen molar-refractivity contribution in [3.63, 3.8) is 0 Å². The van der Waals surface area contributed by atoms with Crippen LogP contribution in [0.25, 0.3) is 0 Å². The number of rotatable bonds is 8. The zero-order chi connectivity index (χ0) is 17.5. The molecule has 2 rings (SSSR count). The van der Waals surface area contributed by atoms with Crippen molar-refractivity contribution >= 4 is 11.6 Å². The van der Waals surface area contributed by atoms with E-state index in [0.29, 0.717) is 39.0 Å². The van der Waals surface area contributed by atoms with Gasteiger partial charge in [0.25, 0.3) is 0 Å². The van der Waals surface area contributed by atoms with Crippen molar-refractivity contribution in [1.29, 1.82) is 0 Å². The number of ether oxygens (including phenoxy) is 1. The number of benzene rings is 1. The molecular weight excluding hydrogens is 316 g/mol. The summed E-state index contributed by atoms with van der Waals surface area (Å²) in [7, 11) is 1.99. The molecule has 1 saturated heterocycles. The summed E-state index contributed by atoms with van der Waals surface area (Å²) in [5.74, 6) is -1.32. The molecular formula is C17H25F2N3O2. The number of anilines is 1. The van der Waals surface area contributed by atoms with Crippen LogP contribution in [0.4, 0.5) is 14.5 Å². The summed E-state index contributed by atoms with van der Waals surface area (Å²) in [5, 5.41) is 0. The van der Waals surface area contributed by atoms with Crippen LogP contribution in [0.15, 0.2) is 12.1 Å². The first kappa shape index (κ1) is 18.4. The Hall–Kier alpha value is -1.89. The summed E-state index contributed by atoms with van der Waals surface area (Å²) in [6.45, 7) is 3.12. The molecule has 7 heteroatoms. The molecule has 0 aromatic heterocycles. The Bertz CT molecular complexity index is 538. The molecule has 1 aromatic rings. The fraction of sp³-hybridized carbons (Fsp3) is 0.588. The Morgan fingerprint density at radius 2 is 1.75 bits per heavy atom. The van der Waals surface area contributed by atoms with Crippen molar-refractivity contribution < 1.29 is 18.3 Å². The molecule has 1 aromatic carbocycles. The van der Waals surface area contributed by atoms with E-state index in [-0.39, 0.29) is 17.3 Å². The average Bonchev–Trinajstić information content (AvgIpc) is 2.51. The molecule has 0 aliphatic carbocycles. The summed E-state index contributed by atoms with van der Waals surface area (Å²) in [6.07, 6.45) is 2.54. The van der Waals surface area contributed by atoms with Gasteiger partial charge in [0.2, 0.25) is 5.91 Å². The molecule has 1 aliphatic rings. The molecule has 134 valence electrons. The van der Waals surface area contributed by atoms with Crippen molar-refractivity contribution in [3.05, 3.63) is 23.8 Å². The maximum absolute atomic E-state index is 14.3. The highest BCUT2D eigenvalue weighted by Crippen LogP contribution is 2.29. The normalized spacial score (nSPS) is 15.5. The molecule has 1 aliphatic heterocycles. The summed E-state index contributed by atoms with van der Waals surface area (Å²) in [4.78, 5) is 14.5. The lowest BCUT2D eigenvalue weighted by Gasteiger charge is -2.34. The van der Waals surface area contributed by atoms with Crippen LogP contribution in [0, 0.1) is 11.6 Å². The fourth-order valence-electron chi connectivity index (χ4n) is 2.73. The van der Waals surface area contributed by atoms with Gasteiger partial charge < -0.3 is 20.3 Å². The van der Waals surface area contributed by atoms with Crippen LogP contribution in [0.1, 0.15) is 25.7 Å². The van der Waals surface area contributed by atoms with E-state index in [1.54, 1.807) is 4.90 Å². The predicted octanol–water partition coefficient (Wildman–Crippen LogP) is 2.14. The monoisotopic (exact) mass is 341 g/mol. The second kappa shape index (κ2) is 8.82. The van der Waals surface area contributed by atoms with Gasteiger partial charge in [-0.25, -0.2) is 8.78 Å². The van der Waals surface area contributed by atoms with Gasteiger partial charge in [0.05, 0.1) is 6.61 Å². The van der Waals surface area contributed by atoms with Gasteiger partial charge in [-0.05, 0) is 26.3 Å². The lowest BCUT2D eigenvalue weighted by molar-refractivity contribution is -0.118. The van der Waals surface area contributed by atoms with Gasteiger partial charge in [-0.1, -0.05) is 0 Å². The molecule has 1 fully saturated rings. The molecule has 1 heterocycles. The molecule has 5 nitrogen and oxygen atoms in total. The molecule has 0 saturated carbocycles. The van der Waals surface area contributed by atoms with Gasteiger partial charge in [-0.2, -0.15) is 0 Å². The van der Waals surface area contributed by atoms with Gasteiger partial charge in [0.15, 0.2) is 11.6 Å². The zero-order valence-corrected chi connectivity index (χ0v) is 14.1. The van der Waals surface area contributed by atoms with Gasteiger partial charge in [0, 0.05) is 44.7 Å². The standard InChI is InChI=1S/C17H25F2N3O2/c1-21-6-8-22(9-7-21)17-14(18)11-13(12-15(17)19)24-10-4-2-3-5-16(20)23/h11-12H,2-10H2,1H3,(H2,20,23). The number of hydrogen-bond donors (Lipinski definition) is 1. The summed E-state index contributed by atoms with van der Waals surface area (Å²) < 4.78 is 34.0. The Kier molecular flexibility index (Phi) is 6.78. The Labute approximate surface area is 141 Å². The lowest BCUT2D eigenvalue weighted by Crippen LogP contribution is -2.45. The largest absolute Gasteiger partial charge is 0.493 e. The number of hydrogen-bond acceptors (Lipinski definition) is 4. The van der Waals surface area contributed by atoms with Crippen LogP contribution in [-0.4, -0.2) is 50.6 Å². The van der Waals surface area contributed by atoms with Crippen LogP contribution in [-0.2, 0) is 4.79 Å². The lowest BCUT2D eigenvalue weighted by atomic mass is 10.2. The van der Waals surface area contributed by atoms with E-state index in [2.05, 4.69) is 4.90 Å². The topological polar surface area (TPSA) is 58.8 Å². The van der Waals surface area contributed by atoms with Crippen molar-refractivity contribution in [2.24, 2.45) is 5.73 Å². The summed E-state index contributed by atoms with van der Waals surface area (Å²) in [5.41, 5.74) is 5.08. The third-order valence-corrected chi connectivity index (χ3v) is 4.15. The quantitative estimate of drug-likeness (QED) is 0.736. The highest BCUT2D eigenvalue weighted by Gasteiger charge is 2.21. The van der Waals surface area contributed by atoms with E-state index < -0.39 is 11.6 Å². The smallest absolute Gasteiger partial charge is 0.217 e. The molecule has 0 atom stereocenters. The van der Waals surface area contributed by atoms with Crippen LogP contribution in [0.5, 0.6) is 5.75 Å². The number of carbonyl (C=O) groups is 1. The van der Waals surface area contributed by atoms with Gasteiger partial charge in [0.1, 0.15) is 11.4 Å². The number of unbranched alkanes of at least 4 members (excludes halogenated alkanes) is 2. The fourth-order valence-corrected chi connectivity index (χ4v) is 2.73. The summed E-state index contributed by atoms with van der Waals surface area (Å²) in [6, 6.07) is 2.47. The van der Waals surface area contributed by atoms with E-state index in [1.807, 2.05) is 7.05 Å². The first-order valence-corrected chi connectivity index (χ1v) is 8.31. The zero-order valence-electron chi connectivity index (χ0n) is 14.1. The highest BCUT2D eigenvalue weighted by molar-refractivity contribution is 5.73.